The summed E-state index contributed by atoms with van der Waals surface area (Å²) in [4.78, 5) is 24.5. The van der Waals surface area contributed by atoms with Crippen LogP contribution in [0.15, 0.2) is 24.3 Å². The second-order valence-corrected chi connectivity index (χ2v) is 19.6. The summed E-state index contributed by atoms with van der Waals surface area (Å²) in [5.41, 5.74) is 0. The Balaban J connectivity index is 3.43. The molecule has 0 saturated carbocycles. The Morgan fingerprint density at radius 1 is 0.438 bits per heavy atom. The summed E-state index contributed by atoms with van der Waals surface area (Å²) in [7, 11) is 0. The molecule has 0 bridgehead atoms. The van der Waals surface area contributed by atoms with E-state index in [1.54, 1.807) is 0 Å². The monoisotopic (exact) mass is 902 g/mol. The van der Waals surface area contributed by atoms with Gasteiger partial charge in [-0.1, -0.05) is 263 Å². The van der Waals surface area contributed by atoms with Crippen molar-refractivity contribution in [2.75, 3.05) is 13.2 Å². The number of carbonyl (C=O) groups is 2. The molecule has 3 N–H and O–H groups in total. The van der Waals surface area contributed by atoms with E-state index in [1.807, 2.05) is 0 Å². The number of aliphatic hydroxyl groups excluding tert-OH is 2. The molecule has 1 amide bonds. The molecule has 0 aromatic heterocycles. The standard InChI is InChI=1S/C58H111NO5/c1-3-5-7-9-11-13-15-17-19-20-24-28-32-36-40-44-48-52-58(63)64-53-49-45-41-37-33-29-25-21-23-27-31-35-39-43-47-51-57(62)59-55(54-60)56(61)50-46-42-38-34-30-26-22-18-16-14-12-10-8-6-4-2/h11,13,17,19,55-56,60-61H,3-10,12,14-16,18,20-54H2,1-2H3,(H,59,62)/b13-11-,19-17-. The van der Waals surface area contributed by atoms with Crippen LogP contribution in [0.4, 0.5) is 0 Å². The van der Waals surface area contributed by atoms with Crippen molar-refractivity contribution in [1.82, 2.24) is 5.32 Å². The normalized spacial score (nSPS) is 12.8. The van der Waals surface area contributed by atoms with E-state index in [4.69, 9.17) is 4.74 Å². The first-order chi connectivity index (χ1) is 31.5. The van der Waals surface area contributed by atoms with Crippen molar-refractivity contribution in [3.05, 3.63) is 24.3 Å². The predicted molar refractivity (Wildman–Crippen MR) is 278 cm³/mol. The molecule has 2 atom stereocenters. The minimum Gasteiger partial charge on any atom is -0.466 e. The van der Waals surface area contributed by atoms with Gasteiger partial charge in [-0.3, -0.25) is 9.59 Å². The zero-order chi connectivity index (χ0) is 46.5. The van der Waals surface area contributed by atoms with Gasteiger partial charge in [0.1, 0.15) is 0 Å². The van der Waals surface area contributed by atoms with Crippen LogP contribution in [0.1, 0.15) is 309 Å². The van der Waals surface area contributed by atoms with Crippen molar-refractivity contribution in [1.29, 1.82) is 0 Å². The number of carbonyl (C=O) groups excluding carboxylic acids is 2. The molecule has 6 heteroatoms. The summed E-state index contributed by atoms with van der Waals surface area (Å²) in [6.45, 7) is 4.92. The molecule has 64 heavy (non-hydrogen) atoms. The Hall–Kier alpha value is -1.66. The number of ether oxygens (including phenoxy) is 1. The van der Waals surface area contributed by atoms with Gasteiger partial charge in [0.05, 0.1) is 25.4 Å². The fourth-order valence-electron chi connectivity index (χ4n) is 8.85. The second kappa shape index (κ2) is 54.0. The first kappa shape index (κ1) is 62.3. The molecule has 0 aliphatic heterocycles. The van der Waals surface area contributed by atoms with E-state index in [9.17, 15) is 19.8 Å². The fourth-order valence-corrected chi connectivity index (χ4v) is 8.85. The Kier molecular flexibility index (Phi) is 52.6. The highest BCUT2D eigenvalue weighted by Gasteiger charge is 2.20. The van der Waals surface area contributed by atoms with Crippen LogP contribution in [0.25, 0.3) is 0 Å². The highest BCUT2D eigenvalue weighted by atomic mass is 16.5. The molecule has 0 saturated heterocycles. The number of hydrogen-bond acceptors (Lipinski definition) is 5. The number of allylic oxidation sites excluding steroid dienone is 4. The quantitative estimate of drug-likeness (QED) is 0.0321. The fraction of sp³-hybridized carbons (Fsp3) is 0.897. The van der Waals surface area contributed by atoms with E-state index < -0.39 is 12.1 Å². The highest BCUT2D eigenvalue weighted by Crippen LogP contribution is 2.17. The second-order valence-electron chi connectivity index (χ2n) is 19.6. The van der Waals surface area contributed by atoms with Crippen LogP contribution in [-0.2, 0) is 14.3 Å². The van der Waals surface area contributed by atoms with Crippen LogP contribution in [0.3, 0.4) is 0 Å². The van der Waals surface area contributed by atoms with Crippen molar-refractivity contribution in [2.45, 2.75) is 321 Å². The summed E-state index contributed by atoms with van der Waals surface area (Å²) < 4.78 is 5.48. The van der Waals surface area contributed by atoms with Gasteiger partial charge in [0.25, 0.3) is 0 Å². The average molecular weight is 903 g/mol. The van der Waals surface area contributed by atoms with Gasteiger partial charge in [0.15, 0.2) is 0 Å². The lowest BCUT2D eigenvalue weighted by atomic mass is 10.0. The number of esters is 1. The summed E-state index contributed by atoms with van der Waals surface area (Å²) in [6, 6.07) is -0.548. The van der Waals surface area contributed by atoms with Gasteiger partial charge in [-0.2, -0.15) is 0 Å². The summed E-state index contributed by atoms with van der Waals surface area (Å²) in [5, 5.41) is 23.3. The third-order valence-electron chi connectivity index (χ3n) is 13.3. The van der Waals surface area contributed by atoms with E-state index in [0.717, 1.165) is 57.8 Å². The Bertz CT molecular complexity index is 997. The average Bonchev–Trinajstić information content (AvgIpc) is 3.29. The maximum Gasteiger partial charge on any atom is 0.305 e. The number of hydrogen-bond donors (Lipinski definition) is 3. The third-order valence-corrected chi connectivity index (χ3v) is 13.3. The maximum absolute atomic E-state index is 12.5. The van der Waals surface area contributed by atoms with Crippen molar-refractivity contribution in [2.24, 2.45) is 0 Å². The molecule has 2 unspecified atom stereocenters. The highest BCUT2D eigenvalue weighted by molar-refractivity contribution is 5.76. The van der Waals surface area contributed by atoms with Gasteiger partial charge in [0, 0.05) is 12.8 Å². The van der Waals surface area contributed by atoms with Gasteiger partial charge >= 0.3 is 5.97 Å². The van der Waals surface area contributed by atoms with E-state index in [2.05, 4.69) is 43.5 Å². The Morgan fingerprint density at radius 3 is 1.22 bits per heavy atom. The molecule has 378 valence electrons. The lowest BCUT2D eigenvalue weighted by molar-refractivity contribution is -0.143. The topological polar surface area (TPSA) is 95.9 Å². The maximum atomic E-state index is 12.5. The number of amides is 1. The molecule has 0 spiro atoms. The van der Waals surface area contributed by atoms with Gasteiger partial charge < -0.3 is 20.3 Å². The van der Waals surface area contributed by atoms with Crippen molar-refractivity contribution in [3.8, 4) is 0 Å². The molecule has 0 aliphatic rings. The molecule has 0 heterocycles. The molecular formula is C58H111NO5. The van der Waals surface area contributed by atoms with E-state index >= 15 is 0 Å². The van der Waals surface area contributed by atoms with E-state index in [0.29, 0.717) is 25.9 Å². The molecule has 0 fully saturated rings. The lowest BCUT2D eigenvalue weighted by Crippen LogP contribution is -2.45. The van der Waals surface area contributed by atoms with Gasteiger partial charge in [-0.25, -0.2) is 0 Å². The first-order valence-corrected chi connectivity index (χ1v) is 28.6. The zero-order valence-electron chi connectivity index (χ0n) is 43.0. The van der Waals surface area contributed by atoms with Crippen LogP contribution in [-0.4, -0.2) is 47.4 Å². The molecular weight excluding hydrogens is 791 g/mol. The smallest absolute Gasteiger partial charge is 0.305 e. The van der Waals surface area contributed by atoms with Crippen LogP contribution < -0.4 is 5.32 Å². The van der Waals surface area contributed by atoms with E-state index in [-0.39, 0.29) is 18.5 Å². The zero-order valence-corrected chi connectivity index (χ0v) is 43.0. The summed E-state index contributed by atoms with van der Waals surface area (Å²) in [6.07, 6.45) is 64.4. The van der Waals surface area contributed by atoms with Crippen molar-refractivity contribution < 1.29 is 24.5 Å². The minimum atomic E-state index is -0.670. The van der Waals surface area contributed by atoms with Crippen LogP contribution >= 0.6 is 0 Å². The van der Waals surface area contributed by atoms with Crippen molar-refractivity contribution in [3.63, 3.8) is 0 Å². The Labute approximate surface area is 399 Å². The number of aliphatic hydroxyl groups is 2. The van der Waals surface area contributed by atoms with Crippen LogP contribution in [0.2, 0.25) is 0 Å². The number of nitrogens with one attached hydrogen (secondary N) is 1. The number of unbranched alkanes of at least 4 members (excludes halogenated alkanes) is 38. The summed E-state index contributed by atoms with van der Waals surface area (Å²) >= 11 is 0. The van der Waals surface area contributed by atoms with Gasteiger partial charge in [0.2, 0.25) is 5.91 Å². The molecule has 0 aliphatic carbocycles. The SMILES string of the molecule is CCCCC/C=C\C/C=C\CCCCCCCCCC(=O)OCCCCCCCCCCCCCCCCCC(=O)NC(CO)C(O)CCCCCCCCCCCCCCCCC. The van der Waals surface area contributed by atoms with Gasteiger partial charge in [-0.15, -0.1) is 0 Å². The Morgan fingerprint density at radius 2 is 0.781 bits per heavy atom. The molecule has 0 rings (SSSR count). The largest absolute Gasteiger partial charge is 0.466 e. The lowest BCUT2D eigenvalue weighted by Gasteiger charge is -2.22. The number of rotatable bonds is 53. The first-order valence-electron chi connectivity index (χ1n) is 28.6. The molecule has 0 aromatic carbocycles. The van der Waals surface area contributed by atoms with Crippen LogP contribution in [0, 0.1) is 0 Å². The molecule has 0 radical (unpaired) electrons. The molecule has 0 aromatic rings. The van der Waals surface area contributed by atoms with E-state index in [1.165, 1.54) is 218 Å². The third kappa shape index (κ3) is 49.8. The predicted octanol–water partition coefficient (Wildman–Crippen LogP) is 17.5. The van der Waals surface area contributed by atoms with Crippen LogP contribution in [0.5, 0.6) is 0 Å². The summed E-state index contributed by atoms with van der Waals surface area (Å²) in [5.74, 6) is -0.0492. The van der Waals surface area contributed by atoms with Gasteiger partial charge in [-0.05, 0) is 57.8 Å². The molecule has 6 nitrogen and oxygen atoms in total. The van der Waals surface area contributed by atoms with Crippen molar-refractivity contribution >= 4 is 11.9 Å². The minimum absolute atomic E-state index is 0.00672.